The molecule has 1 amide bonds. The number of methoxy groups -OCH3 is 1. The maximum Gasteiger partial charge on any atom is 0.278 e. The van der Waals surface area contributed by atoms with Crippen LogP contribution >= 0.6 is 15.9 Å². The predicted octanol–water partition coefficient (Wildman–Crippen LogP) is 5.36. The molecule has 1 aromatic heterocycles. The maximum atomic E-state index is 13.8. The lowest BCUT2D eigenvalue weighted by Crippen LogP contribution is -2.32. The van der Waals surface area contributed by atoms with Gasteiger partial charge in [0.1, 0.15) is 11.4 Å². The number of ether oxygens (including phenoxy) is 1. The van der Waals surface area contributed by atoms with E-state index in [0.717, 1.165) is 27.0 Å². The van der Waals surface area contributed by atoms with E-state index in [-0.39, 0.29) is 17.2 Å². The van der Waals surface area contributed by atoms with Crippen molar-refractivity contribution in [1.82, 2.24) is 9.78 Å². The first-order chi connectivity index (χ1) is 14.6. The van der Waals surface area contributed by atoms with Gasteiger partial charge in [-0.2, -0.15) is 9.78 Å². The SMILES string of the molecule is COc1ccccc1C1c2c(C(C)(C)C)nn(C(C)=O)c2C(=O)N1c1ccc(Br)cc1. The lowest BCUT2D eigenvalue weighted by atomic mass is 9.85. The highest BCUT2D eigenvalue weighted by Crippen LogP contribution is 2.48. The third kappa shape index (κ3) is 3.47. The van der Waals surface area contributed by atoms with Crippen molar-refractivity contribution in [2.45, 2.75) is 39.2 Å². The molecule has 0 aliphatic carbocycles. The van der Waals surface area contributed by atoms with Gasteiger partial charge in [0.05, 0.1) is 18.8 Å². The van der Waals surface area contributed by atoms with Gasteiger partial charge in [0, 0.05) is 33.6 Å². The van der Waals surface area contributed by atoms with Gasteiger partial charge in [-0.25, -0.2) is 0 Å². The standard InChI is InChI=1S/C24H24BrN3O3/c1-14(29)28-21-19(22(26-28)24(2,3)4)20(17-8-6-7-9-18(17)31-5)27(23(21)30)16-12-10-15(25)11-13-16/h6-13,20H,1-5H3. The molecule has 0 bridgehead atoms. The molecule has 1 aliphatic heterocycles. The van der Waals surface area contributed by atoms with Gasteiger partial charge >= 0.3 is 0 Å². The van der Waals surface area contributed by atoms with E-state index in [1.165, 1.54) is 11.6 Å². The summed E-state index contributed by atoms with van der Waals surface area (Å²) in [6, 6.07) is 14.7. The minimum absolute atomic E-state index is 0.258. The van der Waals surface area contributed by atoms with E-state index in [2.05, 4.69) is 21.0 Å². The number of carbonyl (C=O) groups excluding carboxylic acids is 2. The van der Waals surface area contributed by atoms with Crippen molar-refractivity contribution >= 4 is 33.4 Å². The highest BCUT2D eigenvalue weighted by molar-refractivity contribution is 9.10. The third-order valence-corrected chi connectivity index (χ3v) is 5.95. The van der Waals surface area contributed by atoms with E-state index in [0.29, 0.717) is 11.4 Å². The first kappa shape index (κ1) is 21.3. The van der Waals surface area contributed by atoms with Crippen LogP contribution in [0.5, 0.6) is 5.75 Å². The molecule has 1 aliphatic rings. The van der Waals surface area contributed by atoms with Gasteiger partial charge in [-0.15, -0.1) is 0 Å². The number of nitrogens with zero attached hydrogens (tertiary/aromatic N) is 3. The topological polar surface area (TPSA) is 64.4 Å². The summed E-state index contributed by atoms with van der Waals surface area (Å²) in [6.07, 6.45) is 0. The van der Waals surface area contributed by atoms with Crippen LogP contribution in [0.2, 0.25) is 0 Å². The Bertz CT molecular complexity index is 1180. The van der Waals surface area contributed by atoms with Crippen LogP contribution in [0.4, 0.5) is 5.69 Å². The molecule has 0 fully saturated rings. The Kier molecular flexibility index (Phi) is 5.25. The smallest absolute Gasteiger partial charge is 0.278 e. The molecule has 3 aromatic rings. The average molecular weight is 482 g/mol. The molecular weight excluding hydrogens is 458 g/mol. The Balaban J connectivity index is 2.06. The molecule has 0 radical (unpaired) electrons. The van der Waals surface area contributed by atoms with Gasteiger partial charge in [-0.1, -0.05) is 54.9 Å². The van der Waals surface area contributed by atoms with Crippen LogP contribution in [0, 0.1) is 0 Å². The normalized spacial score (nSPS) is 15.9. The molecule has 2 aromatic carbocycles. The van der Waals surface area contributed by atoms with Crippen molar-refractivity contribution in [3.63, 3.8) is 0 Å². The quantitative estimate of drug-likeness (QED) is 0.504. The fourth-order valence-electron chi connectivity index (χ4n) is 4.09. The maximum absolute atomic E-state index is 13.8. The summed E-state index contributed by atoms with van der Waals surface area (Å²) < 4.78 is 7.82. The van der Waals surface area contributed by atoms with Crippen LogP contribution in [-0.2, 0) is 5.41 Å². The van der Waals surface area contributed by atoms with Gasteiger partial charge in [0.15, 0.2) is 0 Å². The zero-order valence-corrected chi connectivity index (χ0v) is 19.7. The molecule has 0 saturated heterocycles. The first-order valence-corrected chi connectivity index (χ1v) is 10.8. The molecule has 160 valence electrons. The van der Waals surface area contributed by atoms with Crippen molar-refractivity contribution in [3.05, 3.63) is 75.5 Å². The monoisotopic (exact) mass is 481 g/mol. The number of hydrogen-bond acceptors (Lipinski definition) is 4. The predicted molar refractivity (Wildman–Crippen MR) is 123 cm³/mol. The summed E-state index contributed by atoms with van der Waals surface area (Å²) in [5.74, 6) is 0.119. The summed E-state index contributed by atoms with van der Waals surface area (Å²) in [5.41, 5.74) is 2.99. The van der Waals surface area contributed by atoms with E-state index in [4.69, 9.17) is 4.74 Å². The van der Waals surface area contributed by atoms with Crippen molar-refractivity contribution in [2.24, 2.45) is 0 Å². The van der Waals surface area contributed by atoms with Crippen molar-refractivity contribution in [2.75, 3.05) is 12.0 Å². The molecule has 2 heterocycles. The van der Waals surface area contributed by atoms with Crippen LogP contribution in [0.1, 0.15) is 65.8 Å². The number of hydrogen-bond donors (Lipinski definition) is 0. The average Bonchev–Trinajstić information content (AvgIpc) is 3.25. The molecule has 31 heavy (non-hydrogen) atoms. The fraction of sp³-hybridized carbons (Fsp3) is 0.292. The number of para-hydroxylation sites is 1. The zero-order chi connectivity index (χ0) is 22.5. The van der Waals surface area contributed by atoms with Gasteiger partial charge in [-0.05, 0) is 30.3 Å². The largest absolute Gasteiger partial charge is 0.496 e. The van der Waals surface area contributed by atoms with Crippen molar-refractivity contribution in [3.8, 4) is 5.75 Å². The molecule has 1 unspecified atom stereocenters. The minimum atomic E-state index is -0.470. The Hall–Kier alpha value is -2.93. The number of rotatable bonds is 3. The summed E-state index contributed by atoms with van der Waals surface area (Å²) in [5, 5.41) is 4.60. The third-order valence-electron chi connectivity index (χ3n) is 5.42. The van der Waals surface area contributed by atoms with Crippen LogP contribution in [0.15, 0.2) is 53.0 Å². The highest BCUT2D eigenvalue weighted by atomic mass is 79.9. The minimum Gasteiger partial charge on any atom is -0.496 e. The number of halogens is 1. The number of fused-ring (bicyclic) bond motifs is 1. The second kappa shape index (κ2) is 7.64. The molecule has 1 atom stereocenters. The lowest BCUT2D eigenvalue weighted by molar-refractivity contribution is 0.0889. The number of aromatic nitrogens is 2. The van der Waals surface area contributed by atoms with Crippen molar-refractivity contribution < 1.29 is 14.3 Å². The second-order valence-corrected chi connectivity index (χ2v) is 9.50. The molecular formula is C24H24BrN3O3. The fourth-order valence-corrected chi connectivity index (χ4v) is 4.36. The van der Waals surface area contributed by atoms with Gasteiger partial charge in [-0.3, -0.25) is 14.5 Å². The number of anilines is 1. The molecule has 7 heteroatoms. The van der Waals surface area contributed by atoms with Crippen LogP contribution in [0.3, 0.4) is 0 Å². The van der Waals surface area contributed by atoms with Gasteiger partial charge < -0.3 is 4.74 Å². The zero-order valence-electron chi connectivity index (χ0n) is 18.1. The Morgan fingerprint density at radius 3 is 2.32 bits per heavy atom. The molecule has 0 spiro atoms. The Labute approximate surface area is 189 Å². The Morgan fingerprint density at radius 1 is 1.10 bits per heavy atom. The summed E-state index contributed by atoms with van der Waals surface area (Å²) >= 11 is 3.46. The van der Waals surface area contributed by atoms with Crippen LogP contribution < -0.4 is 9.64 Å². The van der Waals surface area contributed by atoms with E-state index in [1.54, 1.807) is 12.0 Å². The summed E-state index contributed by atoms with van der Waals surface area (Å²) in [6.45, 7) is 7.53. The molecule has 6 nitrogen and oxygen atoms in total. The molecule has 0 saturated carbocycles. The first-order valence-electron chi connectivity index (χ1n) is 10.0. The number of amides is 1. The molecule has 4 rings (SSSR count). The lowest BCUT2D eigenvalue weighted by Gasteiger charge is -2.29. The summed E-state index contributed by atoms with van der Waals surface area (Å²) in [7, 11) is 1.62. The van der Waals surface area contributed by atoms with Crippen molar-refractivity contribution in [1.29, 1.82) is 0 Å². The van der Waals surface area contributed by atoms with Crippen LogP contribution in [-0.4, -0.2) is 28.7 Å². The number of benzene rings is 2. The van der Waals surface area contributed by atoms with Gasteiger partial charge in [0.2, 0.25) is 5.91 Å². The second-order valence-electron chi connectivity index (χ2n) is 8.59. The van der Waals surface area contributed by atoms with Crippen LogP contribution in [0.25, 0.3) is 0 Å². The van der Waals surface area contributed by atoms with E-state index in [9.17, 15) is 9.59 Å². The highest BCUT2D eigenvalue weighted by Gasteiger charge is 2.47. The Morgan fingerprint density at radius 2 is 1.74 bits per heavy atom. The van der Waals surface area contributed by atoms with E-state index >= 15 is 0 Å². The number of carbonyl (C=O) groups is 2. The molecule has 0 N–H and O–H groups in total. The van der Waals surface area contributed by atoms with E-state index < -0.39 is 6.04 Å². The van der Waals surface area contributed by atoms with E-state index in [1.807, 2.05) is 69.3 Å². The van der Waals surface area contributed by atoms with Gasteiger partial charge in [0.25, 0.3) is 5.91 Å². The summed E-state index contributed by atoms with van der Waals surface area (Å²) in [4.78, 5) is 28.0.